The maximum atomic E-state index is 10.1. The molecule has 0 bridgehead atoms. The van der Waals surface area contributed by atoms with Crippen molar-refractivity contribution in [3.05, 3.63) is 12.2 Å². The standard InChI is InChI=1S/C12H22O2/c1-4-5-6-9-12(2,14-3)10-7-8-11-13/h7-8,11H,4-6,9-10H2,1-3H3/b8-7+. The Morgan fingerprint density at radius 1 is 1.36 bits per heavy atom. The highest BCUT2D eigenvalue weighted by Crippen LogP contribution is 2.22. The number of aldehydes is 1. The van der Waals surface area contributed by atoms with Gasteiger partial charge in [0.05, 0.1) is 5.60 Å². The average molecular weight is 198 g/mol. The number of methoxy groups -OCH3 is 1. The molecule has 0 N–H and O–H groups in total. The zero-order chi connectivity index (χ0) is 10.9. The van der Waals surface area contributed by atoms with Crippen molar-refractivity contribution in [1.29, 1.82) is 0 Å². The molecule has 1 unspecified atom stereocenters. The molecule has 0 heterocycles. The molecule has 0 amide bonds. The Labute approximate surface area is 87.3 Å². The SMILES string of the molecule is CCCCCC(C)(C/C=C/C=O)OC. The van der Waals surface area contributed by atoms with Crippen molar-refractivity contribution in [3.8, 4) is 0 Å². The second kappa shape index (κ2) is 7.74. The van der Waals surface area contributed by atoms with Crippen LogP contribution in [0.2, 0.25) is 0 Å². The van der Waals surface area contributed by atoms with E-state index in [1.165, 1.54) is 25.3 Å². The fourth-order valence-electron chi connectivity index (χ4n) is 1.41. The normalized spacial score (nSPS) is 15.6. The fraction of sp³-hybridized carbons (Fsp3) is 0.750. The van der Waals surface area contributed by atoms with E-state index in [0.29, 0.717) is 0 Å². The van der Waals surface area contributed by atoms with Gasteiger partial charge in [-0.05, 0) is 25.8 Å². The van der Waals surface area contributed by atoms with Crippen molar-refractivity contribution >= 4 is 6.29 Å². The van der Waals surface area contributed by atoms with E-state index >= 15 is 0 Å². The molecular weight excluding hydrogens is 176 g/mol. The molecule has 0 aliphatic heterocycles. The van der Waals surface area contributed by atoms with Crippen molar-refractivity contribution < 1.29 is 9.53 Å². The van der Waals surface area contributed by atoms with Gasteiger partial charge in [-0.3, -0.25) is 4.79 Å². The molecule has 0 aliphatic carbocycles. The third-order valence-electron chi connectivity index (χ3n) is 2.57. The lowest BCUT2D eigenvalue weighted by molar-refractivity contribution is -0.104. The molecular formula is C12H22O2. The van der Waals surface area contributed by atoms with Gasteiger partial charge in [0.15, 0.2) is 0 Å². The molecule has 14 heavy (non-hydrogen) atoms. The molecule has 2 nitrogen and oxygen atoms in total. The van der Waals surface area contributed by atoms with Crippen LogP contribution >= 0.6 is 0 Å². The number of unbranched alkanes of at least 4 members (excludes halogenated alkanes) is 2. The molecule has 82 valence electrons. The van der Waals surface area contributed by atoms with E-state index in [1.54, 1.807) is 7.11 Å². The van der Waals surface area contributed by atoms with Gasteiger partial charge >= 0.3 is 0 Å². The van der Waals surface area contributed by atoms with Crippen LogP contribution in [0.4, 0.5) is 0 Å². The molecule has 1 atom stereocenters. The van der Waals surface area contributed by atoms with E-state index in [0.717, 1.165) is 19.1 Å². The van der Waals surface area contributed by atoms with Crippen LogP contribution < -0.4 is 0 Å². The van der Waals surface area contributed by atoms with E-state index in [1.807, 2.05) is 6.08 Å². The highest BCUT2D eigenvalue weighted by molar-refractivity contribution is 5.64. The molecule has 0 aliphatic rings. The summed E-state index contributed by atoms with van der Waals surface area (Å²) < 4.78 is 5.46. The first-order valence-electron chi connectivity index (χ1n) is 5.34. The maximum absolute atomic E-state index is 10.1. The summed E-state index contributed by atoms with van der Waals surface area (Å²) in [6, 6.07) is 0. The quantitative estimate of drug-likeness (QED) is 0.340. The first kappa shape index (κ1) is 13.4. The minimum atomic E-state index is -0.102. The zero-order valence-corrected chi connectivity index (χ0v) is 9.58. The Morgan fingerprint density at radius 3 is 2.57 bits per heavy atom. The Balaban J connectivity index is 3.90. The monoisotopic (exact) mass is 198 g/mol. The molecule has 0 aromatic rings. The van der Waals surface area contributed by atoms with Gasteiger partial charge < -0.3 is 4.74 Å². The highest BCUT2D eigenvalue weighted by Gasteiger charge is 2.20. The van der Waals surface area contributed by atoms with Crippen LogP contribution in [0, 0.1) is 0 Å². The summed E-state index contributed by atoms with van der Waals surface area (Å²) in [6.07, 6.45) is 9.75. The number of rotatable bonds is 8. The van der Waals surface area contributed by atoms with E-state index in [-0.39, 0.29) is 5.60 Å². The fourth-order valence-corrected chi connectivity index (χ4v) is 1.41. The lowest BCUT2D eigenvalue weighted by Gasteiger charge is -2.26. The number of carbonyl (C=O) groups is 1. The van der Waals surface area contributed by atoms with Crippen molar-refractivity contribution in [2.24, 2.45) is 0 Å². The number of hydrogen-bond acceptors (Lipinski definition) is 2. The van der Waals surface area contributed by atoms with Gasteiger partial charge in [0.25, 0.3) is 0 Å². The first-order chi connectivity index (χ1) is 6.68. The third kappa shape index (κ3) is 5.92. The minimum absolute atomic E-state index is 0.102. The number of hydrogen-bond donors (Lipinski definition) is 0. The second-order valence-electron chi connectivity index (χ2n) is 3.88. The van der Waals surface area contributed by atoms with Gasteiger partial charge in [-0.1, -0.05) is 32.3 Å². The summed E-state index contributed by atoms with van der Waals surface area (Å²) in [7, 11) is 1.74. The summed E-state index contributed by atoms with van der Waals surface area (Å²) in [4.78, 5) is 10.1. The van der Waals surface area contributed by atoms with Crippen LogP contribution in [0.5, 0.6) is 0 Å². The van der Waals surface area contributed by atoms with Crippen LogP contribution in [0.1, 0.15) is 46.0 Å². The van der Waals surface area contributed by atoms with E-state index in [2.05, 4.69) is 13.8 Å². The van der Waals surface area contributed by atoms with Gasteiger partial charge in [0.2, 0.25) is 0 Å². The van der Waals surface area contributed by atoms with Crippen LogP contribution in [-0.4, -0.2) is 19.0 Å². The molecule has 0 spiro atoms. The van der Waals surface area contributed by atoms with Gasteiger partial charge in [-0.25, -0.2) is 0 Å². The molecule has 0 aromatic carbocycles. The predicted molar refractivity (Wildman–Crippen MR) is 59.4 cm³/mol. The predicted octanol–water partition coefficient (Wildman–Crippen LogP) is 3.12. The topological polar surface area (TPSA) is 26.3 Å². The van der Waals surface area contributed by atoms with Crippen LogP contribution in [0.15, 0.2) is 12.2 Å². The van der Waals surface area contributed by atoms with Crippen LogP contribution in [0.3, 0.4) is 0 Å². The summed E-state index contributed by atoms with van der Waals surface area (Å²) in [5.74, 6) is 0. The van der Waals surface area contributed by atoms with Crippen molar-refractivity contribution in [1.82, 2.24) is 0 Å². The zero-order valence-electron chi connectivity index (χ0n) is 9.58. The number of allylic oxidation sites excluding steroid dienone is 1. The molecule has 0 rings (SSSR count). The Kier molecular flexibility index (Phi) is 7.40. The summed E-state index contributed by atoms with van der Waals surface area (Å²) in [5.41, 5.74) is -0.102. The third-order valence-corrected chi connectivity index (χ3v) is 2.57. The molecule has 0 saturated heterocycles. The van der Waals surface area contributed by atoms with Crippen LogP contribution in [0.25, 0.3) is 0 Å². The molecule has 0 fully saturated rings. The lowest BCUT2D eigenvalue weighted by atomic mass is 9.94. The Morgan fingerprint density at radius 2 is 2.07 bits per heavy atom. The average Bonchev–Trinajstić information content (AvgIpc) is 2.19. The van der Waals surface area contributed by atoms with Crippen molar-refractivity contribution in [2.75, 3.05) is 7.11 Å². The van der Waals surface area contributed by atoms with Gasteiger partial charge in [-0.15, -0.1) is 0 Å². The molecule has 2 heteroatoms. The van der Waals surface area contributed by atoms with Gasteiger partial charge in [0.1, 0.15) is 6.29 Å². The summed E-state index contributed by atoms with van der Waals surface area (Å²) in [5, 5.41) is 0. The van der Waals surface area contributed by atoms with E-state index in [9.17, 15) is 4.79 Å². The van der Waals surface area contributed by atoms with Gasteiger partial charge in [-0.2, -0.15) is 0 Å². The molecule has 0 aromatic heterocycles. The summed E-state index contributed by atoms with van der Waals surface area (Å²) in [6.45, 7) is 4.29. The van der Waals surface area contributed by atoms with Gasteiger partial charge in [0, 0.05) is 7.11 Å². The highest BCUT2D eigenvalue weighted by atomic mass is 16.5. The number of ether oxygens (including phenoxy) is 1. The first-order valence-corrected chi connectivity index (χ1v) is 5.34. The Hall–Kier alpha value is -0.630. The van der Waals surface area contributed by atoms with Crippen LogP contribution in [-0.2, 0) is 9.53 Å². The number of carbonyl (C=O) groups excluding carboxylic acids is 1. The van der Waals surface area contributed by atoms with E-state index < -0.39 is 0 Å². The lowest BCUT2D eigenvalue weighted by Crippen LogP contribution is -2.26. The molecule has 0 radical (unpaired) electrons. The van der Waals surface area contributed by atoms with E-state index in [4.69, 9.17) is 4.74 Å². The smallest absolute Gasteiger partial charge is 0.142 e. The second-order valence-corrected chi connectivity index (χ2v) is 3.88. The van der Waals surface area contributed by atoms with Crippen molar-refractivity contribution in [2.45, 2.75) is 51.6 Å². The van der Waals surface area contributed by atoms with Crippen molar-refractivity contribution in [3.63, 3.8) is 0 Å². The molecule has 0 saturated carbocycles. The minimum Gasteiger partial charge on any atom is -0.378 e. The Bertz CT molecular complexity index is 175. The summed E-state index contributed by atoms with van der Waals surface area (Å²) >= 11 is 0. The maximum Gasteiger partial charge on any atom is 0.142 e. The largest absolute Gasteiger partial charge is 0.378 e.